The lowest BCUT2D eigenvalue weighted by Gasteiger charge is -2.16. The molecule has 84 valence electrons. The molecule has 0 fully saturated rings. The van der Waals surface area contributed by atoms with Crippen LogP contribution in [0.4, 0.5) is 22.0 Å². The van der Waals surface area contributed by atoms with E-state index in [9.17, 15) is 22.0 Å². The molecule has 16 heavy (non-hydrogen) atoms. The number of hydrogen-bond acceptors (Lipinski definition) is 3. The molecule has 1 rings (SSSR count). The first-order valence-corrected chi connectivity index (χ1v) is 3.59. The Kier molecular flexibility index (Phi) is 2.57. The Bertz CT molecular complexity index is 455. The lowest BCUT2D eigenvalue weighted by molar-refractivity contribution is -0.292. The van der Waals surface area contributed by atoms with Crippen LogP contribution < -0.4 is 0 Å². The van der Waals surface area contributed by atoms with Gasteiger partial charge in [-0.15, -0.1) is 0 Å². The normalized spacial score (nSPS) is 11.9. The maximum absolute atomic E-state index is 12.7. The molecule has 0 radical (unpaired) electrons. The van der Waals surface area contributed by atoms with Crippen molar-refractivity contribution >= 4 is 0 Å². The molecule has 1 N–H and O–H groups in total. The molecular weight excluding hydrogens is 235 g/mol. The van der Waals surface area contributed by atoms with Gasteiger partial charge in [-0.05, 0) is 0 Å². The van der Waals surface area contributed by atoms with E-state index in [1.807, 2.05) is 0 Å². The zero-order chi connectivity index (χ0) is 12.6. The lowest BCUT2D eigenvalue weighted by atomic mass is 10.3. The van der Waals surface area contributed by atoms with Crippen molar-refractivity contribution in [3.8, 4) is 12.1 Å². The highest BCUT2D eigenvalue weighted by atomic mass is 19.4. The maximum atomic E-state index is 12.7. The highest BCUT2D eigenvalue weighted by molar-refractivity contribution is 5.37. The van der Waals surface area contributed by atoms with Crippen molar-refractivity contribution in [3.05, 3.63) is 17.2 Å². The molecule has 1 aromatic rings. The minimum absolute atomic E-state index is 0.735. The number of aromatic amines is 1. The molecule has 1 heterocycles. The molecule has 0 unspecified atom stereocenters. The van der Waals surface area contributed by atoms with Crippen LogP contribution in [0.3, 0.4) is 0 Å². The van der Waals surface area contributed by atoms with Crippen LogP contribution in [0.2, 0.25) is 0 Å². The number of hydrogen-bond donors (Lipinski definition) is 1. The first kappa shape index (κ1) is 11.9. The van der Waals surface area contributed by atoms with Crippen LogP contribution in [0.5, 0.6) is 0 Å². The summed E-state index contributed by atoms with van der Waals surface area (Å²) < 4.78 is 61.1. The van der Waals surface area contributed by atoms with E-state index in [-0.39, 0.29) is 0 Å². The summed E-state index contributed by atoms with van der Waals surface area (Å²) in [5, 5.41) is 16.7. The molecule has 1 aromatic heterocycles. The van der Waals surface area contributed by atoms with Crippen LogP contribution in [0, 0.1) is 22.7 Å². The monoisotopic (exact) mass is 236 g/mol. The largest absolute Gasteiger partial charge is 0.461 e. The number of nitriles is 2. The minimum Gasteiger partial charge on any atom is -0.327 e. The number of nitrogens with zero attached hydrogens (tertiary/aromatic N) is 3. The van der Waals surface area contributed by atoms with Crippen LogP contribution in [0.1, 0.15) is 17.2 Å². The molecule has 0 aliphatic carbocycles. The van der Waals surface area contributed by atoms with Gasteiger partial charge >= 0.3 is 12.1 Å². The van der Waals surface area contributed by atoms with Gasteiger partial charge in [0.1, 0.15) is 12.1 Å². The van der Waals surface area contributed by atoms with Crippen molar-refractivity contribution in [1.82, 2.24) is 9.97 Å². The molecule has 0 bridgehead atoms. The average Bonchev–Trinajstić information content (AvgIpc) is 2.59. The summed E-state index contributed by atoms with van der Waals surface area (Å²) in [4.78, 5) is 4.19. The number of alkyl halides is 5. The molecule has 0 spiro atoms. The van der Waals surface area contributed by atoms with E-state index in [2.05, 4.69) is 4.98 Å². The van der Waals surface area contributed by atoms with Crippen LogP contribution >= 0.6 is 0 Å². The minimum atomic E-state index is -5.84. The van der Waals surface area contributed by atoms with Crippen LogP contribution in [0.25, 0.3) is 0 Å². The van der Waals surface area contributed by atoms with Gasteiger partial charge in [-0.25, -0.2) is 4.98 Å². The quantitative estimate of drug-likeness (QED) is 0.755. The number of rotatable bonds is 1. The van der Waals surface area contributed by atoms with E-state index >= 15 is 0 Å². The van der Waals surface area contributed by atoms with Crippen molar-refractivity contribution in [2.24, 2.45) is 0 Å². The summed E-state index contributed by atoms with van der Waals surface area (Å²) in [6, 6.07) is 2.47. The summed E-state index contributed by atoms with van der Waals surface area (Å²) in [6.45, 7) is 0. The summed E-state index contributed by atoms with van der Waals surface area (Å²) in [7, 11) is 0. The van der Waals surface area contributed by atoms with E-state index in [1.54, 1.807) is 0 Å². The van der Waals surface area contributed by atoms with Crippen LogP contribution in [0.15, 0.2) is 0 Å². The predicted molar refractivity (Wildman–Crippen MR) is 38.0 cm³/mol. The standard InChI is InChI=1S/C7HF5N4/c8-6(9,7(10,11)12)5-15-3(1-13)4(2-14)16-5/h(H,15,16). The lowest BCUT2D eigenvalue weighted by Crippen LogP contribution is -2.34. The smallest absolute Gasteiger partial charge is 0.327 e. The van der Waals surface area contributed by atoms with Gasteiger partial charge in [-0.1, -0.05) is 0 Å². The van der Waals surface area contributed by atoms with E-state index in [4.69, 9.17) is 10.5 Å². The maximum Gasteiger partial charge on any atom is 0.461 e. The zero-order valence-corrected chi connectivity index (χ0v) is 7.23. The number of halogens is 5. The Morgan fingerprint density at radius 1 is 1.06 bits per heavy atom. The summed E-state index contributed by atoms with van der Waals surface area (Å²) in [6.07, 6.45) is -5.84. The summed E-state index contributed by atoms with van der Waals surface area (Å²) in [5.41, 5.74) is -1.54. The average molecular weight is 236 g/mol. The zero-order valence-electron chi connectivity index (χ0n) is 7.23. The Hall–Kier alpha value is -2.16. The number of nitrogens with one attached hydrogen (secondary N) is 1. The molecule has 0 saturated carbocycles. The van der Waals surface area contributed by atoms with Crippen molar-refractivity contribution in [3.63, 3.8) is 0 Å². The highest BCUT2D eigenvalue weighted by Crippen LogP contribution is 2.42. The van der Waals surface area contributed by atoms with E-state index in [0.29, 0.717) is 0 Å². The second-order valence-electron chi connectivity index (χ2n) is 2.60. The second-order valence-corrected chi connectivity index (χ2v) is 2.60. The first-order chi connectivity index (χ1) is 7.24. The summed E-state index contributed by atoms with van der Waals surface area (Å²) in [5.74, 6) is -7.00. The molecule has 4 nitrogen and oxygen atoms in total. The number of H-pyrrole nitrogens is 1. The van der Waals surface area contributed by atoms with Gasteiger partial charge in [0.15, 0.2) is 17.2 Å². The molecule has 0 amide bonds. The van der Waals surface area contributed by atoms with Crippen LogP contribution in [-0.2, 0) is 5.92 Å². The van der Waals surface area contributed by atoms with E-state index in [1.165, 1.54) is 17.1 Å². The number of aromatic nitrogens is 2. The summed E-state index contributed by atoms with van der Waals surface area (Å²) >= 11 is 0. The SMILES string of the molecule is N#Cc1nc(C(F)(F)C(F)(F)F)[nH]c1C#N. The molecule has 0 aromatic carbocycles. The second kappa shape index (κ2) is 3.45. The van der Waals surface area contributed by atoms with Gasteiger partial charge in [0.05, 0.1) is 0 Å². The van der Waals surface area contributed by atoms with Crippen molar-refractivity contribution in [2.45, 2.75) is 12.1 Å². The van der Waals surface area contributed by atoms with Gasteiger partial charge in [0.25, 0.3) is 0 Å². The van der Waals surface area contributed by atoms with E-state index in [0.717, 1.165) is 0 Å². The van der Waals surface area contributed by atoms with Crippen molar-refractivity contribution in [1.29, 1.82) is 10.5 Å². The van der Waals surface area contributed by atoms with Gasteiger partial charge in [0, 0.05) is 0 Å². The third kappa shape index (κ3) is 1.67. The Labute approximate surface area is 84.9 Å². The van der Waals surface area contributed by atoms with Crippen molar-refractivity contribution in [2.75, 3.05) is 0 Å². The molecule has 9 heteroatoms. The topological polar surface area (TPSA) is 76.3 Å². The van der Waals surface area contributed by atoms with Gasteiger partial charge in [-0.3, -0.25) is 0 Å². The number of imidazole rings is 1. The third-order valence-corrected chi connectivity index (χ3v) is 1.57. The van der Waals surface area contributed by atoms with E-state index < -0.39 is 29.3 Å². The third-order valence-electron chi connectivity index (χ3n) is 1.57. The fourth-order valence-electron chi connectivity index (χ4n) is 0.818. The predicted octanol–water partition coefficient (Wildman–Crippen LogP) is 1.81. The fraction of sp³-hybridized carbons (Fsp3) is 0.286. The van der Waals surface area contributed by atoms with Gasteiger partial charge in [-0.2, -0.15) is 32.5 Å². The molecule has 0 aliphatic heterocycles. The Morgan fingerprint density at radius 2 is 1.62 bits per heavy atom. The molecule has 0 aliphatic rings. The Morgan fingerprint density at radius 3 is 1.94 bits per heavy atom. The first-order valence-electron chi connectivity index (χ1n) is 3.59. The highest BCUT2D eigenvalue weighted by Gasteiger charge is 2.61. The molecular formula is C7HF5N4. The molecule has 0 saturated heterocycles. The van der Waals surface area contributed by atoms with Crippen molar-refractivity contribution < 1.29 is 22.0 Å². The van der Waals surface area contributed by atoms with Gasteiger partial charge in [0.2, 0.25) is 0 Å². The Balaban J connectivity index is 3.33. The van der Waals surface area contributed by atoms with Gasteiger partial charge < -0.3 is 4.98 Å². The fourth-order valence-corrected chi connectivity index (χ4v) is 0.818. The molecule has 0 atom stereocenters. The van der Waals surface area contributed by atoms with Crippen LogP contribution in [-0.4, -0.2) is 16.1 Å².